The Morgan fingerprint density at radius 2 is 1.37 bits per heavy atom. The largest absolute Gasteiger partial charge is 0.394 e. The lowest BCUT2D eigenvalue weighted by Gasteiger charge is -2.37. The van der Waals surface area contributed by atoms with Crippen LogP contribution in [0.4, 0.5) is 0 Å². The number of aliphatic hydroxyl groups is 2. The summed E-state index contributed by atoms with van der Waals surface area (Å²) in [6, 6.07) is 18.9. The Labute approximate surface area is 113 Å². The van der Waals surface area contributed by atoms with E-state index in [4.69, 9.17) is 4.74 Å². The van der Waals surface area contributed by atoms with Crippen LogP contribution in [0.25, 0.3) is 0 Å². The average molecular weight is 258 g/mol. The molecule has 0 aliphatic heterocycles. The molecule has 0 unspecified atom stereocenters. The van der Waals surface area contributed by atoms with Gasteiger partial charge in [0.1, 0.15) is 11.7 Å². The molecule has 2 rings (SSSR count). The van der Waals surface area contributed by atoms with Gasteiger partial charge in [0.2, 0.25) is 0 Å². The Bertz CT molecular complexity index is 456. The Kier molecular flexibility index (Phi) is 4.32. The highest BCUT2D eigenvalue weighted by Crippen LogP contribution is 2.36. The molecule has 0 saturated heterocycles. The van der Waals surface area contributed by atoms with Crippen LogP contribution < -0.4 is 0 Å². The van der Waals surface area contributed by atoms with E-state index in [0.717, 1.165) is 11.1 Å². The van der Waals surface area contributed by atoms with Crippen molar-refractivity contribution in [1.29, 1.82) is 0 Å². The number of rotatable bonds is 5. The molecular weight excluding hydrogens is 240 g/mol. The monoisotopic (exact) mass is 258 g/mol. The van der Waals surface area contributed by atoms with Crippen molar-refractivity contribution in [2.45, 2.75) is 11.7 Å². The van der Waals surface area contributed by atoms with Crippen molar-refractivity contribution in [3.63, 3.8) is 0 Å². The molecule has 100 valence electrons. The lowest BCUT2D eigenvalue weighted by molar-refractivity contribution is -0.0976. The molecule has 2 aromatic carbocycles. The maximum Gasteiger partial charge on any atom is 0.146 e. The summed E-state index contributed by atoms with van der Waals surface area (Å²) in [5, 5.41) is 19.7. The first-order chi connectivity index (χ1) is 9.25. The van der Waals surface area contributed by atoms with E-state index in [1.807, 2.05) is 60.7 Å². The zero-order valence-electron chi connectivity index (χ0n) is 10.9. The molecule has 2 aromatic rings. The average Bonchev–Trinajstić information content (AvgIpc) is 2.50. The molecule has 0 radical (unpaired) electrons. The van der Waals surface area contributed by atoms with Gasteiger partial charge in [-0.05, 0) is 11.1 Å². The Balaban J connectivity index is 2.62. The number of hydrogen-bond donors (Lipinski definition) is 2. The van der Waals surface area contributed by atoms with Gasteiger partial charge in [-0.25, -0.2) is 0 Å². The number of aliphatic hydroxyl groups excluding tert-OH is 2. The van der Waals surface area contributed by atoms with Crippen LogP contribution in [0, 0.1) is 0 Å². The van der Waals surface area contributed by atoms with E-state index >= 15 is 0 Å². The molecule has 19 heavy (non-hydrogen) atoms. The van der Waals surface area contributed by atoms with E-state index in [1.165, 1.54) is 0 Å². The van der Waals surface area contributed by atoms with E-state index in [2.05, 4.69) is 0 Å². The minimum absolute atomic E-state index is 0.377. The first-order valence-corrected chi connectivity index (χ1v) is 6.21. The van der Waals surface area contributed by atoms with E-state index in [1.54, 1.807) is 7.11 Å². The molecular formula is C16H18O3. The summed E-state index contributed by atoms with van der Waals surface area (Å²) in [7, 11) is 1.54. The summed E-state index contributed by atoms with van der Waals surface area (Å²) in [6.07, 6.45) is -1.04. The highest BCUT2D eigenvalue weighted by molar-refractivity contribution is 5.38. The molecule has 0 amide bonds. The van der Waals surface area contributed by atoms with Gasteiger partial charge in [0.05, 0.1) is 6.61 Å². The Morgan fingerprint density at radius 1 is 0.947 bits per heavy atom. The molecule has 3 nitrogen and oxygen atoms in total. The second-order valence-electron chi connectivity index (χ2n) is 4.37. The third-order valence-corrected chi connectivity index (χ3v) is 3.37. The van der Waals surface area contributed by atoms with Gasteiger partial charge in [0, 0.05) is 7.11 Å². The minimum atomic E-state index is -1.06. The smallest absolute Gasteiger partial charge is 0.146 e. The van der Waals surface area contributed by atoms with Gasteiger partial charge in [0.25, 0.3) is 0 Å². The van der Waals surface area contributed by atoms with Crippen LogP contribution in [0.2, 0.25) is 0 Å². The molecule has 0 saturated carbocycles. The zero-order valence-corrected chi connectivity index (χ0v) is 10.9. The summed E-state index contributed by atoms with van der Waals surface area (Å²) in [4.78, 5) is 0. The summed E-state index contributed by atoms with van der Waals surface area (Å²) in [5.74, 6) is 0. The summed E-state index contributed by atoms with van der Waals surface area (Å²) >= 11 is 0. The van der Waals surface area contributed by atoms with Gasteiger partial charge in [-0.3, -0.25) is 0 Å². The zero-order chi connectivity index (χ0) is 13.7. The third kappa shape index (κ3) is 2.40. The van der Waals surface area contributed by atoms with Crippen molar-refractivity contribution in [2.75, 3.05) is 13.7 Å². The van der Waals surface area contributed by atoms with Crippen molar-refractivity contribution in [3.05, 3.63) is 71.8 Å². The molecule has 0 aliphatic rings. The van der Waals surface area contributed by atoms with Crippen molar-refractivity contribution < 1.29 is 14.9 Å². The Morgan fingerprint density at radius 3 is 1.68 bits per heavy atom. The topological polar surface area (TPSA) is 49.7 Å². The van der Waals surface area contributed by atoms with Gasteiger partial charge < -0.3 is 14.9 Å². The quantitative estimate of drug-likeness (QED) is 0.861. The fourth-order valence-corrected chi connectivity index (χ4v) is 2.42. The van der Waals surface area contributed by atoms with Crippen LogP contribution in [0.15, 0.2) is 60.7 Å². The van der Waals surface area contributed by atoms with Gasteiger partial charge in [-0.15, -0.1) is 0 Å². The summed E-state index contributed by atoms with van der Waals surface area (Å²) in [5.41, 5.74) is 0.563. The minimum Gasteiger partial charge on any atom is -0.394 e. The van der Waals surface area contributed by atoms with E-state index < -0.39 is 11.7 Å². The molecule has 0 heterocycles. The third-order valence-electron chi connectivity index (χ3n) is 3.37. The first kappa shape index (κ1) is 13.7. The Hall–Kier alpha value is -1.68. The van der Waals surface area contributed by atoms with Crippen molar-refractivity contribution in [1.82, 2.24) is 0 Å². The van der Waals surface area contributed by atoms with E-state index in [-0.39, 0.29) is 6.61 Å². The van der Waals surface area contributed by atoms with Crippen LogP contribution in [0.5, 0.6) is 0 Å². The lowest BCUT2D eigenvalue weighted by atomic mass is 9.81. The van der Waals surface area contributed by atoms with E-state index in [0.29, 0.717) is 0 Å². The predicted molar refractivity (Wildman–Crippen MR) is 73.8 cm³/mol. The van der Waals surface area contributed by atoms with Gasteiger partial charge in [-0.1, -0.05) is 60.7 Å². The predicted octanol–water partition coefficient (Wildman–Crippen LogP) is 1.93. The van der Waals surface area contributed by atoms with Crippen molar-refractivity contribution >= 4 is 0 Å². The SMILES string of the molecule is COC(c1ccccc1)(c1ccccc1)[C@H](O)CO. The molecule has 0 spiro atoms. The highest BCUT2D eigenvalue weighted by Gasteiger charge is 2.41. The van der Waals surface area contributed by atoms with Gasteiger partial charge in [-0.2, -0.15) is 0 Å². The van der Waals surface area contributed by atoms with Crippen LogP contribution >= 0.6 is 0 Å². The van der Waals surface area contributed by atoms with Crippen LogP contribution in [0.1, 0.15) is 11.1 Å². The van der Waals surface area contributed by atoms with E-state index in [9.17, 15) is 10.2 Å². The summed E-state index contributed by atoms with van der Waals surface area (Å²) < 4.78 is 5.65. The molecule has 0 bridgehead atoms. The van der Waals surface area contributed by atoms with Crippen molar-refractivity contribution in [3.8, 4) is 0 Å². The second-order valence-corrected chi connectivity index (χ2v) is 4.37. The molecule has 0 aromatic heterocycles. The lowest BCUT2D eigenvalue weighted by Crippen LogP contribution is -2.44. The van der Waals surface area contributed by atoms with Crippen LogP contribution in [-0.4, -0.2) is 30.0 Å². The summed E-state index contributed by atoms with van der Waals surface area (Å²) in [6.45, 7) is -0.377. The van der Waals surface area contributed by atoms with Crippen LogP contribution in [0.3, 0.4) is 0 Å². The number of hydrogen-bond acceptors (Lipinski definition) is 3. The van der Waals surface area contributed by atoms with Gasteiger partial charge in [0.15, 0.2) is 0 Å². The normalized spacial score (nSPS) is 13.2. The number of ether oxygens (including phenoxy) is 1. The second kappa shape index (κ2) is 5.97. The molecule has 0 fully saturated rings. The maximum atomic E-state index is 10.3. The fraction of sp³-hybridized carbons (Fsp3) is 0.250. The standard InChI is InChI=1S/C16H18O3/c1-19-16(15(18)12-17,13-8-4-2-5-9-13)14-10-6-3-7-11-14/h2-11,15,17-18H,12H2,1H3/t15-/m1/s1. The first-order valence-electron chi connectivity index (χ1n) is 6.21. The number of benzene rings is 2. The highest BCUT2D eigenvalue weighted by atomic mass is 16.5. The van der Waals surface area contributed by atoms with Crippen LogP contribution in [-0.2, 0) is 10.3 Å². The number of methoxy groups -OCH3 is 1. The molecule has 1 atom stereocenters. The maximum absolute atomic E-state index is 10.3. The van der Waals surface area contributed by atoms with Gasteiger partial charge >= 0.3 is 0 Å². The van der Waals surface area contributed by atoms with Crippen molar-refractivity contribution in [2.24, 2.45) is 0 Å². The molecule has 2 N–H and O–H groups in total. The fourth-order valence-electron chi connectivity index (χ4n) is 2.42. The molecule has 0 aliphatic carbocycles. The molecule has 3 heteroatoms.